The number of carboxylic acid groups (broad SMARTS) is 2. The molecule has 4 unspecified atom stereocenters. The summed E-state index contributed by atoms with van der Waals surface area (Å²) in [6, 6.07) is 17.9. The number of aliphatic hydroxyl groups is 1. The van der Waals surface area contributed by atoms with Gasteiger partial charge in [-0.2, -0.15) is 0 Å². The van der Waals surface area contributed by atoms with Gasteiger partial charge in [0.05, 0.1) is 24.9 Å². The second kappa shape index (κ2) is 15.0. The lowest BCUT2D eigenvalue weighted by Gasteiger charge is -2.29. The lowest BCUT2D eigenvalue weighted by Crippen LogP contribution is -2.45. The molecule has 198 valence electrons. The van der Waals surface area contributed by atoms with E-state index in [4.69, 9.17) is 26.4 Å². The first kappa shape index (κ1) is 30.8. The van der Waals surface area contributed by atoms with E-state index in [9.17, 15) is 19.5 Å². The van der Waals surface area contributed by atoms with E-state index >= 15 is 0 Å². The van der Waals surface area contributed by atoms with Gasteiger partial charge in [-0.25, -0.2) is 0 Å². The minimum absolute atomic E-state index is 0.186. The van der Waals surface area contributed by atoms with Crippen molar-refractivity contribution < 1.29 is 34.4 Å². The molecule has 0 aromatic heterocycles. The molecule has 2 rings (SSSR count). The van der Waals surface area contributed by atoms with Crippen molar-refractivity contribution in [2.45, 2.75) is 70.2 Å². The molecule has 2 aromatic carbocycles. The molecule has 0 fully saturated rings. The number of hydrogen-bond acceptors (Lipinski definition) is 7. The van der Waals surface area contributed by atoms with E-state index in [-0.39, 0.29) is 25.2 Å². The third-order valence-corrected chi connectivity index (χ3v) is 5.19. The van der Waals surface area contributed by atoms with Crippen LogP contribution in [0, 0.1) is 5.92 Å². The number of carbonyl (C=O) groups excluding carboxylic acids is 1. The molecule has 0 saturated heterocycles. The number of aliphatic carboxylic acids is 2. The number of ether oxygens (including phenoxy) is 1. The molecule has 36 heavy (non-hydrogen) atoms. The summed E-state index contributed by atoms with van der Waals surface area (Å²) in [6.45, 7) is 5.49. The van der Waals surface area contributed by atoms with E-state index in [1.165, 1.54) is 0 Å². The number of hydrogen-bond donors (Lipinski definition) is 5. The summed E-state index contributed by atoms with van der Waals surface area (Å²) in [5.41, 5.74) is 13.7. The molecule has 0 aliphatic carbocycles. The van der Waals surface area contributed by atoms with Crippen LogP contribution in [0.2, 0.25) is 0 Å². The van der Waals surface area contributed by atoms with Gasteiger partial charge in [0.2, 0.25) is 0 Å². The monoisotopic (exact) mass is 502 g/mol. The van der Waals surface area contributed by atoms with Crippen LogP contribution in [0.15, 0.2) is 60.7 Å². The molecule has 0 saturated carbocycles. The summed E-state index contributed by atoms with van der Waals surface area (Å²) < 4.78 is 5.58. The fourth-order valence-corrected chi connectivity index (χ4v) is 3.35. The number of carbonyl (C=O) groups is 3. The standard InChI is InChI=1S/C23H32N2O3.C4H6O4/c1-23(2,3)28-22(27)18(14-16-10-6-4-7-11-16)15-19(26)21(25)20(24)17-12-8-5-9-13-17;5-3(6)1-2-4(7)8/h4-13,18-21,26H,14-15,24-25H2,1-3H3;1-2H2,(H,5,6)(H,7,8). The van der Waals surface area contributed by atoms with Crippen LogP contribution >= 0.6 is 0 Å². The van der Waals surface area contributed by atoms with E-state index in [2.05, 4.69) is 0 Å². The van der Waals surface area contributed by atoms with Crippen LogP contribution < -0.4 is 11.5 Å². The van der Waals surface area contributed by atoms with E-state index in [1.54, 1.807) is 0 Å². The number of rotatable bonds is 11. The molecule has 4 atom stereocenters. The van der Waals surface area contributed by atoms with Crippen LogP contribution in [0.1, 0.15) is 57.2 Å². The van der Waals surface area contributed by atoms with Crippen LogP contribution in [0.4, 0.5) is 0 Å². The van der Waals surface area contributed by atoms with Crippen LogP contribution in [0.3, 0.4) is 0 Å². The van der Waals surface area contributed by atoms with Gasteiger partial charge in [0.1, 0.15) is 5.60 Å². The Morgan fingerprint density at radius 3 is 1.78 bits per heavy atom. The predicted octanol–water partition coefficient (Wildman–Crippen LogP) is 2.90. The number of carboxylic acids is 2. The zero-order chi connectivity index (χ0) is 27.3. The molecule has 0 radical (unpaired) electrons. The van der Waals surface area contributed by atoms with Crippen molar-refractivity contribution in [3.8, 4) is 0 Å². The molecule has 0 amide bonds. The topological polar surface area (TPSA) is 173 Å². The molecular weight excluding hydrogens is 464 g/mol. The smallest absolute Gasteiger partial charge is 0.309 e. The van der Waals surface area contributed by atoms with Gasteiger partial charge in [-0.3, -0.25) is 14.4 Å². The number of nitrogens with two attached hydrogens (primary N) is 2. The number of benzene rings is 2. The first-order chi connectivity index (χ1) is 16.8. The number of esters is 1. The summed E-state index contributed by atoms with van der Waals surface area (Å²) in [4.78, 5) is 32.0. The van der Waals surface area contributed by atoms with Crippen molar-refractivity contribution in [3.63, 3.8) is 0 Å². The van der Waals surface area contributed by atoms with Gasteiger partial charge in [0, 0.05) is 12.1 Å². The highest BCUT2D eigenvalue weighted by atomic mass is 16.6. The molecule has 7 N–H and O–H groups in total. The van der Waals surface area contributed by atoms with Gasteiger partial charge in [-0.15, -0.1) is 0 Å². The third-order valence-electron chi connectivity index (χ3n) is 5.19. The fraction of sp³-hybridized carbons (Fsp3) is 0.444. The van der Waals surface area contributed by atoms with Crippen molar-refractivity contribution in [1.29, 1.82) is 0 Å². The first-order valence-corrected chi connectivity index (χ1v) is 11.7. The van der Waals surface area contributed by atoms with Crippen LogP contribution in [-0.2, 0) is 25.5 Å². The minimum atomic E-state index is -1.08. The molecule has 9 heteroatoms. The second-order valence-corrected chi connectivity index (χ2v) is 9.52. The minimum Gasteiger partial charge on any atom is -0.481 e. The van der Waals surface area contributed by atoms with Crippen molar-refractivity contribution in [2.24, 2.45) is 17.4 Å². The Labute approximate surface area is 212 Å². The maximum absolute atomic E-state index is 12.8. The lowest BCUT2D eigenvalue weighted by molar-refractivity contribution is -0.161. The fourth-order valence-electron chi connectivity index (χ4n) is 3.35. The highest BCUT2D eigenvalue weighted by Crippen LogP contribution is 2.23. The third kappa shape index (κ3) is 12.4. The second-order valence-electron chi connectivity index (χ2n) is 9.52. The van der Waals surface area contributed by atoms with E-state index in [1.807, 2.05) is 81.4 Å². The summed E-state index contributed by atoms with van der Waals surface area (Å²) >= 11 is 0. The Kier molecular flexibility index (Phi) is 12.8. The number of aliphatic hydroxyl groups excluding tert-OH is 1. The highest BCUT2D eigenvalue weighted by Gasteiger charge is 2.31. The van der Waals surface area contributed by atoms with Crippen LogP contribution in [0.25, 0.3) is 0 Å². The maximum Gasteiger partial charge on any atom is 0.309 e. The van der Waals surface area contributed by atoms with Crippen molar-refractivity contribution in [2.75, 3.05) is 0 Å². The van der Waals surface area contributed by atoms with Crippen LogP contribution in [-0.4, -0.2) is 51.0 Å². The summed E-state index contributed by atoms with van der Waals surface area (Å²) in [6.07, 6.45) is -0.868. The van der Waals surface area contributed by atoms with Gasteiger partial charge < -0.3 is 31.5 Å². The van der Waals surface area contributed by atoms with Gasteiger partial charge >= 0.3 is 17.9 Å². The van der Waals surface area contributed by atoms with Gasteiger partial charge in [0.15, 0.2) is 0 Å². The SMILES string of the molecule is CC(C)(C)OC(=O)C(Cc1ccccc1)CC(O)C(N)C(N)c1ccccc1.O=C(O)CCC(=O)O. The van der Waals surface area contributed by atoms with Crippen molar-refractivity contribution >= 4 is 17.9 Å². The van der Waals surface area contributed by atoms with Crippen molar-refractivity contribution in [1.82, 2.24) is 0 Å². The molecule has 0 heterocycles. The summed E-state index contributed by atoms with van der Waals surface area (Å²) in [7, 11) is 0. The first-order valence-electron chi connectivity index (χ1n) is 11.7. The Morgan fingerprint density at radius 2 is 1.33 bits per heavy atom. The molecule has 0 aliphatic rings. The maximum atomic E-state index is 12.8. The highest BCUT2D eigenvalue weighted by molar-refractivity contribution is 5.75. The lowest BCUT2D eigenvalue weighted by atomic mass is 9.88. The molecule has 9 nitrogen and oxygen atoms in total. The molecule has 2 aromatic rings. The molecule has 0 spiro atoms. The average molecular weight is 503 g/mol. The molecule has 0 bridgehead atoms. The Morgan fingerprint density at radius 1 is 0.861 bits per heavy atom. The van der Waals surface area contributed by atoms with Gasteiger partial charge in [-0.1, -0.05) is 60.7 Å². The van der Waals surface area contributed by atoms with Gasteiger partial charge in [0.25, 0.3) is 0 Å². The predicted molar refractivity (Wildman–Crippen MR) is 136 cm³/mol. The van der Waals surface area contributed by atoms with E-state index < -0.39 is 41.6 Å². The van der Waals surface area contributed by atoms with Crippen LogP contribution in [0.5, 0.6) is 0 Å². The normalized spacial score (nSPS) is 14.4. The Balaban J connectivity index is 0.000000697. The Hall–Kier alpha value is -3.27. The van der Waals surface area contributed by atoms with E-state index in [0.717, 1.165) is 11.1 Å². The van der Waals surface area contributed by atoms with E-state index in [0.29, 0.717) is 6.42 Å². The zero-order valence-corrected chi connectivity index (χ0v) is 21.0. The summed E-state index contributed by atoms with van der Waals surface area (Å²) in [5.74, 6) is -3.00. The quantitative estimate of drug-likeness (QED) is 0.289. The van der Waals surface area contributed by atoms with Gasteiger partial charge in [-0.05, 0) is 44.7 Å². The summed E-state index contributed by atoms with van der Waals surface area (Å²) in [5, 5.41) is 26.5. The van der Waals surface area contributed by atoms with Crippen molar-refractivity contribution in [3.05, 3.63) is 71.8 Å². The molecule has 0 aliphatic heterocycles. The largest absolute Gasteiger partial charge is 0.481 e. The zero-order valence-electron chi connectivity index (χ0n) is 21.0. The Bertz CT molecular complexity index is 932. The average Bonchev–Trinajstić information content (AvgIpc) is 2.82. The molecular formula is C27H38N2O7.